The summed E-state index contributed by atoms with van der Waals surface area (Å²) in [6.45, 7) is 4.07. The Morgan fingerprint density at radius 1 is 1.25 bits per heavy atom. The first-order valence-corrected chi connectivity index (χ1v) is 7.86. The summed E-state index contributed by atoms with van der Waals surface area (Å²) in [6.07, 6.45) is -0.189. The summed E-state index contributed by atoms with van der Waals surface area (Å²) in [5.74, 6) is -0.621. The first-order valence-electron chi connectivity index (χ1n) is 7.86. The fourth-order valence-corrected chi connectivity index (χ4v) is 3.07. The van der Waals surface area contributed by atoms with Crippen LogP contribution >= 0.6 is 0 Å². The number of carboxylic acid groups (broad SMARTS) is 1. The summed E-state index contributed by atoms with van der Waals surface area (Å²) in [5, 5.41) is 8.98. The summed E-state index contributed by atoms with van der Waals surface area (Å²) < 4.78 is 25.2. The normalized spacial score (nSPS) is 23.2. The van der Waals surface area contributed by atoms with E-state index < -0.39 is 23.6 Å². The summed E-state index contributed by atoms with van der Waals surface area (Å²) in [6, 6.07) is 5.28. The second kappa shape index (κ2) is 5.65. The van der Waals surface area contributed by atoms with Crippen LogP contribution in [0.5, 0.6) is 11.5 Å². The first-order chi connectivity index (χ1) is 11.2. The maximum Gasteiger partial charge on any atom is 0.343 e. The van der Waals surface area contributed by atoms with Crippen molar-refractivity contribution in [1.29, 1.82) is 0 Å². The zero-order valence-corrected chi connectivity index (χ0v) is 13.7. The Bertz CT molecular complexity index is 690. The van der Waals surface area contributed by atoms with Crippen LogP contribution in [0.3, 0.4) is 0 Å². The van der Waals surface area contributed by atoms with Gasteiger partial charge in [-0.05, 0) is 31.5 Å². The molecule has 1 aromatic carbocycles. The molecule has 6 nitrogen and oxygen atoms in total. The fraction of sp³-hybridized carbons (Fsp3) is 0.529. The van der Waals surface area contributed by atoms with Crippen LogP contribution in [-0.4, -0.2) is 53.9 Å². The number of carboxylic acids is 1. The van der Waals surface area contributed by atoms with Crippen LogP contribution in [0, 0.1) is 0 Å². The highest BCUT2D eigenvalue weighted by atomic mass is 19.1. The van der Waals surface area contributed by atoms with Gasteiger partial charge in [-0.1, -0.05) is 6.07 Å². The minimum Gasteiger partial charge on any atom is -0.486 e. The molecule has 1 aromatic rings. The van der Waals surface area contributed by atoms with Gasteiger partial charge in [-0.2, -0.15) is 0 Å². The molecule has 130 valence electrons. The summed E-state index contributed by atoms with van der Waals surface area (Å²) in [4.78, 5) is 25.2. The third-order valence-corrected chi connectivity index (χ3v) is 4.69. The molecule has 7 heteroatoms. The van der Waals surface area contributed by atoms with Crippen molar-refractivity contribution in [3.05, 3.63) is 23.8 Å². The molecular weight excluding hydrogens is 317 g/mol. The van der Waals surface area contributed by atoms with E-state index in [1.807, 2.05) is 0 Å². The van der Waals surface area contributed by atoms with E-state index in [0.29, 0.717) is 30.3 Å². The van der Waals surface area contributed by atoms with E-state index in [1.165, 1.54) is 4.90 Å². The second-order valence-corrected chi connectivity index (χ2v) is 6.73. The number of halogens is 1. The SMILES string of the molecule is CC(C)(C(=O)N1CCC(F)(C(=O)O)C1)c1ccc2c(c1)OCCO2. The van der Waals surface area contributed by atoms with Gasteiger partial charge < -0.3 is 19.5 Å². The van der Waals surface area contributed by atoms with Gasteiger partial charge in [0.05, 0.1) is 12.0 Å². The lowest BCUT2D eigenvalue weighted by atomic mass is 9.83. The largest absolute Gasteiger partial charge is 0.486 e. The van der Waals surface area contributed by atoms with Gasteiger partial charge in [0.1, 0.15) is 13.2 Å². The molecule has 1 unspecified atom stereocenters. The van der Waals surface area contributed by atoms with Gasteiger partial charge in [-0.15, -0.1) is 0 Å². The molecule has 2 aliphatic rings. The highest BCUT2D eigenvalue weighted by Gasteiger charge is 2.49. The number of alkyl halides is 1. The number of benzene rings is 1. The molecule has 24 heavy (non-hydrogen) atoms. The summed E-state index contributed by atoms with van der Waals surface area (Å²) in [7, 11) is 0. The average molecular weight is 337 g/mol. The van der Waals surface area contributed by atoms with Crippen molar-refractivity contribution in [2.45, 2.75) is 31.4 Å². The van der Waals surface area contributed by atoms with E-state index in [4.69, 9.17) is 14.6 Å². The molecule has 1 atom stereocenters. The molecule has 0 bridgehead atoms. The molecule has 0 aliphatic carbocycles. The van der Waals surface area contributed by atoms with E-state index in [2.05, 4.69) is 0 Å². The number of hydrogen-bond acceptors (Lipinski definition) is 4. The number of ether oxygens (including phenoxy) is 2. The molecular formula is C17H20FNO5. The topological polar surface area (TPSA) is 76.1 Å². The van der Waals surface area contributed by atoms with Crippen LogP contribution < -0.4 is 9.47 Å². The van der Waals surface area contributed by atoms with Gasteiger partial charge in [0.2, 0.25) is 11.6 Å². The summed E-state index contributed by atoms with van der Waals surface area (Å²) >= 11 is 0. The summed E-state index contributed by atoms with van der Waals surface area (Å²) in [5.41, 5.74) is -2.58. The molecule has 1 saturated heterocycles. The van der Waals surface area contributed by atoms with Gasteiger partial charge in [-0.3, -0.25) is 4.79 Å². The minimum atomic E-state index is -2.36. The third kappa shape index (κ3) is 2.68. The number of nitrogens with zero attached hydrogens (tertiary/aromatic N) is 1. The molecule has 1 fully saturated rings. The number of fused-ring (bicyclic) bond motifs is 1. The standard InChI is InChI=1S/C17H20FNO5/c1-16(2,11-3-4-12-13(9-11)24-8-7-23-12)14(20)19-6-5-17(18,10-19)15(21)22/h3-4,9H,5-8,10H2,1-2H3,(H,21,22). The van der Waals surface area contributed by atoms with E-state index in [9.17, 15) is 14.0 Å². The van der Waals surface area contributed by atoms with Gasteiger partial charge in [0, 0.05) is 13.0 Å². The van der Waals surface area contributed by atoms with Crippen LogP contribution in [0.25, 0.3) is 0 Å². The van der Waals surface area contributed by atoms with Crippen molar-refractivity contribution >= 4 is 11.9 Å². The highest BCUT2D eigenvalue weighted by molar-refractivity contribution is 5.89. The molecule has 2 heterocycles. The van der Waals surface area contributed by atoms with E-state index >= 15 is 0 Å². The van der Waals surface area contributed by atoms with Gasteiger partial charge in [0.15, 0.2) is 11.5 Å². The van der Waals surface area contributed by atoms with E-state index in [-0.39, 0.29) is 18.9 Å². The average Bonchev–Trinajstić information content (AvgIpc) is 2.97. The Morgan fingerprint density at radius 2 is 1.92 bits per heavy atom. The molecule has 0 spiro atoms. The van der Waals surface area contributed by atoms with Crippen LogP contribution in [0.15, 0.2) is 18.2 Å². The van der Waals surface area contributed by atoms with Crippen LogP contribution in [0.2, 0.25) is 0 Å². The van der Waals surface area contributed by atoms with E-state index in [0.717, 1.165) is 0 Å². The third-order valence-electron chi connectivity index (χ3n) is 4.69. The molecule has 2 aliphatic heterocycles. The number of likely N-dealkylation sites (tertiary alicyclic amines) is 1. The van der Waals surface area contributed by atoms with Crippen molar-refractivity contribution in [2.24, 2.45) is 0 Å². The Kier molecular flexibility index (Phi) is 3.89. The smallest absolute Gasteiger partial charge is 0.343 e. The van der Waals surface area contributed by atoms with Crippen molar-refractivity contribution < 1.29 is 28.6 Å². The number of aliphatic carboxylic acids is 1. The van der Waals surface area contributed by atoms with Crippen LogP contribution in [0.1, 0.15) is 25.8 Å². The number of hydrogen-bond donors (Lipinski definition) is 1. The Morgan fingerprint density at radius 3 is 2.54 bits per heavy atom. The van der Waals surface area contributed by atoms with Crippen LogP contribution in [0.4, 0.5) is 4.39 Å². The Hall–Kier alpha value is -2.31. The van der Waals surface area contributed by atoms with Gasteiger partial charge in [0.25, 0.3) is 0 Å². The predicted octanol–water partition coefficient (Wildman–Crippen LogP) is 1.76. The van der Waals surface area contributed by atoms with Crippen molar-refractivity contribution in [3.8, 4) is 11.5 Å². The lowest BCUT2D eigenvalue weighted by Crippen LogP contribution is -2.45. The Labute approximate surface area is 139 Å². The zero-order valence-electron chi connectivity index (χ0n) is 13.7. The lowest BCUT2D eigenvalue weighted by Gasteiger charge is -2.31. The molecule has 0 aromatic heterocycles. The molecule has 3 rings (SSSR count). The quantitative estimate of drug-likeness (QED) is 0.909. The molecule has 0 saturated carbocycles. The van der Waals surface area contributed by atoms with Crippen LogP contribution in [-0.2, 0) is 15.0 Å². The van der Waals surface area contributed by atoms with Gasteiger partial charge in [-0.25, -0.2) is 9.18 Å². The number of carbonyl (C=O) groups excluding carboxylic acids is 1. The predicted molar refractivity (Wildman–Crippen MR) is 83.1 cm³/mol. The molecule has 1 amide bonds. The van der Waals surface area contributed by atoms with E-state index in [1.54, 1.807) is 32.0 Å². The maximum atomic E-state index is 14.2. The zero-order chi connectivity index (χ0) is 17.5. The maximum absolute atomic E-state index is 14.2. The van der Waals surface area contributed by atoms with Crippen molar-refractivity contribution in [1.82, 2.24) is 4.90 Å². The monoisotopic (exact) mass is 337 g/mol. The highest BCUT2D eigenvalue weighted by Crippen LogP contribution is 2.37. The minimum absolute atomic E-state index is 0.0929. The first kappa shape index (κ1) is 16.5. The molecule has 1 N–H and O–H groups in total. The Balaban J connectivity index is 1.82. The number of carbonyl (C=O) groups is 2. The molecule has 0 radical (unpaired) electrons. The number of amides is 1. The number of rotatable bonds is 3. The lowest BCUT2D eigenvalue weighted by molar-refractivity contribution is -0.150. The van der Waals surface area contributed by atoms with Gasteiger partial charge >= 0.3 is 5.97 Å². The second-order valence-electron chi connectivity index (χ2n) is 6.73. The fourth-order valence-electron chi connectivity index (χ4n) is 3.07. The van der Waals surface area contributed by atoms with Crippen molar-refractivity contribution in [2.75, 3.05) is 26.3 Å². The van der Waals surface area contributed by atoms with Crippen molar-refractivity contribution in [3.63, 3.8) is 0 Å².